The Hall–Kier alpha value is -2.18. The van der Waals surface area contributed by atoms with Crippen LogP contribution in [0.5, 0.6) is 0 Å². The molecule has 0 spiro atoms. The Morgan fingerprint density at radius 3 is 1.30 bits per heavy atom. The minimum atomic E-state index is -3.15. The van der Waals surface area contributed by atoms with E-state index in [1.807, 2.05) is 60.7 Å². The Morgan fingerprint density at radius 1 is 0.567 bits per heavy atom. The molecule has 30 heavy (non-hydrogen) atoms. The molecule has 0 radical (unpaired) electrons. The molecular formula is C24H24O4S2. The van der Waals surface area contributed by atoms with Gasteiger partial charge in [-0.25, -0.2) is 16.8 Å². The van der Waals surface area contributed by atoms with Gasteiger partial charge in [-0.1, -0.05) is 60.7 Å². The zero-order chi connectivity index (χ0) is 20.9. The van der Waals surface area contributed by atoms with Gasteiger partial charge in [0, 0.05) is 0 Å². The third kappa shape index (κ3) is 3.67. The molecule has 2 aliphatic heterocycles. The summed E-state index contributed by atoms with van der Waals surface area (Å²) >= 11 is 0. The van der Waals surface area contributed by atoms with Crippen LogP contribution in [0.4, 0.5) is 0 Å². The predicted molar refractivity (Wildman–Crippen MR) is 120 cm³/mol. The number of benzene rings is 2. The van der Waals surface area contributed by atoms with E-state index in [9.17, 15) is 16.8 Å². The van der Waals surface area contributed by atoms with Crippen molar-refractivity contribution in [2.75, 3.05) is 23.0 Å². The van der Waals surface area contributed by atoms with Crippen molar-refractivity contribution < 1.29 is 16.8 Å². The van der Waals surface area contributed by atoms with Gasteiger partial charge in [-0.15, -0.1) is 0 Å². The summed E-state index contributed by atoms with van der Waals surface area (Å²) in [5.41, 5.74) is 6.07. The Kier molecular flexibility index (Phi) is 4.75. The minimum absolute atomic E-state index is 0.0821. The molecular weight excluding hydrogens is 416 g/mol. The van der Waals surface area contributed by atoms with Crippen molar-refractivity contribution in [3.8, 4) is 0 Å². The van der Waals surface area contributed by atoms with Gasteiger partial charge in [0.1, 0.15) is 0 Å². The van der Waals surface area contributed by atoms with Crippen LogP contribution in [0.1, 0.15) is 24.0 Å². The number of allylic oxidation sites excluding steroid dienone is 2. The van der Waals surface area contributed by atoms with E-state index in [0.29, 0.717) is 12.8 Å². The average Bonchev–Trinajstić information content (AvgIpc) is 3.18. The molecule has 6 heteroatoms. The first kappa shape index (κ1) is 19.8. The van der Waals surface area contributed by atoms with E-state index in [4.69, 9.17) is 0 Å². The highest BCUT2D eigenvalue weighted by molar-refractivity contribution is 7.92. The second-order valence-electron chi connectivity index (χ2n) is 8.65. The van der Waals surface area contributed by atoms with Crippen molar-refractivity contribution in [3.63, 3.8) is 0 Å². The fraction of sp³-hybridized carbons (Fsp3) is 0.333. The summed E-state index contributed by atoms with van der Waals surface area (Å²) in [6.45, 7) is 0. The summed E-state index contributed by atoms with van der Waals surface area (Å²) in [4.78, 5) is 0. The van der Waals surface area contributed by atoms with Gasteiger partial charge in [-0.05, 0) is 58.1 Å². The third-order valence-corrected chi connectivity index (χ3v) is 9.89. The molecule has 1 aliphatic carbocycles. The van der Waals surface area contributed by atoms with E-state index in [1.165, 1.54) is 0 Å². The maximum Gasteiger partial charge on any atom is 0.154 e. The van der Waals surface area contributed by atoms with Crippen LogP contribution in [0.25, 0.3) is 11.1 Å². The van der Waals surface area contributed by atoms with Crippen LogP contribution in [0.3, 0.4) is 0 Å². The lowest BCUT2D eigenvalue weighted by Crippen LogP contribution is -2.15. The fourth-order valence-electron chi connectivity index (χ4n) is 5.31. The van der Waals surface area contributed by atoms with Crippen LogP contribution < -0.4 is 0 Å². The summed E-state index contributed by atoms with van der Waals surface area (Å²) in [5, 5.41) is 0. The number of hydrogen-bond donors (Lipinski definition) is 0. The Balaban J connectivity index is 1.71. The van der Waals surface area contributed by atoms with Crippen molar-refractivity contribution in [3.05, 3.63) is 82.9 Å². The lowest BCUT2D eigenvalue weighted by molar-refractivity contribution is 0.597. The molecule has 3 aliphatic rings. The standard InChI is InChI=1S/C24H24O4S2/c25-29(26)14-20-12-22(18-9-5-2-6-10-18)24-16-30(27,28)13-19(24)11-21(23(20)15-29)17-7-3-1-4-8-17/h1-10,19-20H,11-16H2/b23-21+,24-22+. The number of sulfone groups is 2. The molecule has 5 rings (SSSR count). The number of fused-ring (bicyclic) bond motifs is 2. The SMILES string of the molecule is O=S1(=O)C/C2=C(\c3ccccc3)CC3CS(=O)(=O)C/C3=C(\c3ccccc3)CC2C1. The monoisotopic (exact) mass is 440 g/mol. The molecule has 2 aromatic carbocycles. The lowest BCUT2D eigenvalue weighted by Gasteiger charge is -2.27. The molecule has 0 amide bonds. The zero-order valence-corrected chi connectivity index (χ0v) is 18.3. The molecule has 2 heterocycles. The van der Waals surface area contributed by atoms with E-state index < -0.39 is 19.7 Å². The third-order valence-electron chi connectivity index (χ3n) is 6.57. The largest absolute Gasteiger partial charge is 0.228 e. The summed E-state index contributed by atoms with van der Waals surface area (Å²) in [6, 6.07) is 19.8. The molecule has 0 aromatic heterocycles. The Labute approximate surface area is 178 Å². The summed E-state index contributed by atoms with van der Waals surface area (Å²) in [6.07, 6.45) is 1.16. The summed E-state index contributed by atoms with van der Waals surface area (Å²) in [7, 11) is -6.31. The molecule has 0 saturated carbocycles. The highest BCUT2D eigenvalue weighted by Crippen LogP contribution is 2.47. The highest BCUT2D eigenvalue weighted by atomic mass is 32.2. The quantitative estimate of drug-likeness (QED) is 0.713. The van der Waals surface area contributed by atoms with Crippen LogP contribution in [0, 0.1) is 11.8 Å². The summed E-state index contributed by atoms with van der Waals surface area (Å²) < 4.78 is 50.6. The van der Waals surface area contributed by atoms with Crippen LogP contribution in [-0.2, 0) is 19.7 Å². The molecule has 2 fully saturated rings. The Morgan fingerprint density at radius 2 is 0.933 bits per heavy atom. The van der Waals surface area contributed by atoms with Gasteiger partial charge in [-0.2, -0.15) is 0 Å². The van der Waals surface area contributed by atoms with Crippen LogP contribution in [-0.4, -0.2) is 39.8 Å². The first-order chi connectivity index (χ1) is 14.3. The van der Waals surface area contributed by atoms with Gasteiger partial charge in [0.15, 0.2) is 19.7 Å². The molecule has 2 aromatic rings. The van der Waals surface area contributed by atoms with Crippen LogP contribution in [0.15, 0.2) is 71.8 Å². The Bertz CT molecular complexity index is 1150. The predicted octanol–water partition coefficient (Wildman–Crippen LogP) is 3.78. The second kappa shape index (κ2) is 7.20. The maximum atomic E-state index is 12.6. The minimum Gasteiger partial charge on any atom is -0.228 e. The summed E-state index contributed by atoms with van der Waals surface area (Å²) in [5.74, 6) is 0.242. The van der Waals surface area contributed by atoms with Gasteiger partial charge >= 0.3 is 0 Å². The average molecular weight is 441 g/mol. The molecule has 0 N–H and O–H groups in total. The number of rotatable bonds is 2. The van der Waals surface area contributed by atoms with Crippen LogP contribution in [0.2, 0.25) is 0 Å². The molecule has 2 atom stereocenters. The van der Waals surface area contributed by atoms with Crippen molar-refractivity contribution in [1.82, 2.24) is 0 Å². The highest BCUT2D eigenvalue weighted by Gasteiger charge is 2.42. The van der Waals surface area contributed by atoms with Crippen molar-refractivity contribution in [1.29, 1.82) is 0 Å². The first-order valence-electron chi connectivity index (χ1n) is 10.3. The van der Waals surface area contributed by atoms with Crippen molar-refractivity contribution in [2.24, 2.45) is 11.8 Å². The van der Waals surface area contributed by atoms with Crippen molar-refractivity contribution in [2.45, 2.75) is 12.8 Å². The lowest BCUT2D eigenvalue weighted by atomic mass is 9.76. The van der Waals surface area contributed by atoms with Crippen LogP contribution >= 0.6 is 0 Å². The van der Waals surface area contributed by atoms with Gasteiger partial charge in [0.2, 0.25) is 0 Å². The smallest absolute Gasteiger partial charge is 0.154 e. The van der Waals surface area contributed by atoms with Gasteiger partial charge in [0.05, 0.1) is 23.0 Å². The van der Waals surface area contributed by atoms with E-state index >= 15 is 0 Å². The zero-order valence-electron chi connectivity index (χ0n) is 16.6. The number of hydrogen-bond acceptors (Lipinski definition) is 4. The van der Waals surface area contributed by atoms with Gasteiger partial charge < -0.3 is 0 Å². The van der Waals surface area contributed by atoms with E-state index in [0.717, 1.165) is 33.4 Å². The van der Waals surface area contributed by atoms with E-state index in [2.05, 4.69) is 0 Å². The van der Waals surface area contributed by atoms with E-state index in [1.54, 1.807) is 0 Å². The topological polar surface area (TPSA) is 68.3 Å². The van der Waals surface area contributed by atoms with Crippen molar-refractivity contribution >= 4 is 30.8 Å². The molecule has 2 unspecified atom stereocenters. The van der Waals surface area contributed by atoms with Gasteiger partial charge in [-0.3, -0.25) is 0 Å². The van der Waals surface area contributed by atoms with E-state index in [-0.39, 0.29) is 34.8 Å². The van der Waals surface area contributed by atoms with Gasteiger partial charge in [0.25, 0.3) is 0 Å². The fourth-order valence-corrected chi connectivity index (χ4v) is 9.18. The molecule has 156 valence electrons. The molecule has 0 bridgehead atoms. The first-order valence-corrected chi connectivity index (χ1v) is 13.9. The molecule has 2 saturated heterocycles. The normalized spacial score (nSPS) is 32.1. The maximum absolute atomic E-state index is 12.6. The second-order valence-corrected chi connectivity index (χ2v) is 12.9. The molecule has 4 nitrogen and oxygen atoms in total.